The van der Waals surface area contributed by atoms with Crippen LogP contribution in [0.3, 0.4) is 0 Å². The quantitative estimate of drug-likeness (QED) is 0.208. The maximum absolute atomic E-state index is 14.4. The SMILES string of the molecule is COC1(OC)C(=O)C23CCCN(C(=O)OC(C)(C)C)CC[C@H](O[Si](C)(C)C(C)(C)C)C2=C[C@@H]1C[C@H]3C=O. The van der Waals surface area contributed by atoms with E-state index in [4.69, 9.17) is 18.6 Å². The van der Waals surface area contributed by atoms with Gasteiger partial charge in [0.25, 0.3) is 0 Å². The molecule has 4 rings (SSSR count). The fourth-order valence-electron chi connectivity index (χ4n) is 6.00. The van der Waals surface area contributed by atoms with Crippen molar-refractivity contribution in [2.75, 3.05) is 27.3 Å². The number of amides is 1. The molecule has 0 aromatic heterocycles. The number of carbonyl (C=O) groups excluding carboxylic acids is 3. The Morgan fingerprint density at radius 3 is 2.24 bits per heavy atom. The number of hydrogen-bond acceptors (Lipinski definition) is 7. The zero-order valence-electron chi connectivity index (χ0n) is 24.4. The minimum atomic E-state index is -2.29. The van der Waals surface area contributed by atoms with Crippen LogP contribution in [-0.4, -0.2) is 76.2 Å². The molecule has 1 unspecified atom stereocenters. The summed E-state index contributed by atoms with van der Waals surface area (Å²) >= 11 is 0. The van der Waals surface area contributed by atoms with Gasteiger partial charge in [0, 0.05) is 39.1 Å². The summed E-state index contributed by atoms with van der Waals surface area (Å²) in [5.41, 5.74) is -0.846. The molecule has 0 aromatic rings. The molecular weight excluding hydrogens is 490 g/mol. The summed E-state index contributed by atoms with van der Waals surface area (Å²) in [6.07, 6.45) is 4.16. The Balaban J connectivity index is 2.14. The zero-order chi connectivity index (χ0) is 28.0. The number of ketones is 1. The minimum absolute atomic E-state index is 0.0609. The molecule has 210 valence electrons. The lowest BCUT2D eigenvalue weighted by Crippen LogP contribution is -2.67. The van der Waals surface area contributed by atoms with E-state index < -0.39 is 43.1 Å². The van der Waals surface area contributed by atoms with E-state index in [0.717, 1.165) is 11.9 Å². The molecule has 1 amide bonds. The van der Waals surface area contributed by atoms with E-state index in [9.17, 15) is 14.4 Å². The number of hydrogen-bond donors (Lipinski definition) is 0. The van der Waals surface area contributed by atoms with Gasteiger partial charge in [0.2, 0.25) is 11.6 Å². The van der Waals surface area contributed by atoms with Crippen molar-refractivity contribution in [3.63, 3.8) is 0 Å². The largest absolute Gasteiger partial charge is 0.444 e. The molecule has 1 spiro atoms. The predicted molar refractivity (Wildman–Crippen MR) is 144 cm³/mol. The molecule has 1 saturated heterocycles. The normalized spacial score (nSPS) is 30.5. The van der Waals surface area contributed by atoms with E-state index in [0.29, 0.717) is 38.8 Å². The summed E-state index contributed by atoms with van der Waals surface area (Å²) in [7, 11) is 0.696. The number of carbonyl (C=O) groups is 3. The summed E-state index contributed by atoms with van der Waals surface area (Å²) in [6.45, 7) is 17.3. The molecule has 4 aliphatic rings. The fourth-order valence-corrected chi connectivity index (χ4v) is 7.31. The van der Waals surface area contributed by atoms with Gasteiger partial charge in [-0.3, -0.25) is 4.79 Å². The first kappa shape index (κ1) is 30.0. The summed E-state index contributed by atoms with van der Waals surface area (Å²) in [5, 5.41) is -0.0609. The highest BCUT2D eigenvalue weighted by Crippen LogP contribution is 2.60. The first-order valence-electron chi connectivity index (χ1n) is 13.5. The van der Waals surface area contributed by atoms with Gasteiger partial charge in [0.05, 0.1) is 11.5 Å². The second-order valence-electron chi connectivity index (χ2n) is 13.3. The number of methoxy groups -OCH3 is 2. The highest BCUT2D eigenvalue weighted by molar-refractivity contribution is 6.74. The van der Waals surface area contributed by atoms with Crippen molar-refractivity contribution in [2.24, 2.45) is 17.3 Å². The minimum Gasteiger partial charge on any atom is -0.444 e. The molecule has 4 atom stereocenters. The fraction of sp³-hybridized carbons (Fsp3) is 0.821. The smallest absolute Gasteiger partial charge is 0.410 e. The van der Waals surface area contributed by atoms with Crippen molar-refractivity contribution >= 4 is 26.5 Å². The molecule has 1 aliphatic heterocycles. The Morgan fingerprint density at radius 1 is 1.11 bits per heavy atom. The highest BCUT2D eigenvalue weighted by Gasteiger charge is 2.68. The van der Waals surface area contributed by atoms with Crippen molar-refractivity contribution in [1.29, 1.82) is 0 Å². The molecule has 8 nitrogen and oxygen atoms in total. The van der Waals surface area contributed by atoms with Crippen molar-refractivity contribution in [3.05, 3.63) is 11.6 Å². The molecule has 0 aromatic carbocycles. The molecular formula is C28H47NO7Si. The Labute approximate surface area is 223 Å². The van der Waals surface area contributed by atoms with E-state index in [2.05, 4.69) is 39.9 Å². The summed E-state index contributed by atoms with van der Waals surface area (Å²) < 4.78 is 24.2. The molecule has 1 heterocycles. The molecule has 2 bridgehead atoms. The topological polar surface area (TPSA) is 91.4 Å². The third-order valence-electron chi connectivity index (χ3n) is 8.92. The van der Waals surface area contributed by atoms with Gasteiger partial charge in [0.15, 0.2) is 8.32 Å². The summed E-state index contributed by atoms with van der Waals surface area (Å²) in [5.74, 6) is -2.52. The van der Waals surface area contributed by atoms with Crippen molar-refractivity contribution in [1.82, 2.24) is 4.90 Å². The van der Waals surface area contributed by atoms with E-state index in [1.165, 1.54) is 14.2 Å². The summed E-state index contributed by atoms with van der Waals surface area (Å²) in [6, 6.07) is 0. The third kappa shape index (κ3) is 5.21. The Hall–Kier alpha value is -1.55. The van der Waals surface area contributed by atoms with Crippen molar-refractivity contribution in [3.8, 4) is 0 Å². The average molecular weight is 538 g/mol. The van der Waals surface area contributed by atoms with Crippen LogP contribution in [0.5, 0.6) is 0 Å². The number of rotatable bonds is 5. The third-order valence-corrected chi connectivity index (χ3v) is 13.4. The van der Waals surface area contributed by atoms with Crippen LogP contribution in [0, 0.1) is 17.3 Å². The Kier molecular flexibility index (Phi) is 8.27. The van der Waals surface area contributed by atoms with Crippen molar-refractivity contribution in [2.45, 2.75) is 103 Å². The van der Waals surface area contributed by atoms with E-state index in [1.54, 1.807) is 4.90 Å². The van der Waals surface area contributed by atoms with E-state index in [1.807, 2.05) is 20.8 Å². The Morgan fingerprint density at radius 2 is 1.73 bits per heavy atom. The lowest BCUT2D eigenvalue weighted by molar-refractivity contribution is -0.249. The Bertz CT molecular complexity index is 928. The lowest BCUT2D eigenvalue weighted by atomic mass is 9.50. The van der Waals surface area contributed by atoms with Gasteiger partial charge in [-0.25, -0.2) is 4.79 Å². The second kappa shape index (κ2) is 10.2. The van der Waals surface area contributed by atoms with Gasteiger partial charge in [-0.2, -0.15) is 0 Å². The maximum Gasteiger partial charge on any atom is 0.410 e. The average Bonchev–Trinajstić information content (AvgIpc) is 2.86. The monoisotopic (exact) mass is 537 g/mol. The van der Waals surface area contributed by atoms with Gasteiger partial charge in [0.1, 0.15) is 11.9 Å². The first-order valence-corrected chi connectivity index (χ1v) is 16.4. The first-order chi connectivity index (χ1) is 17.0. The zero-order valence-corrected chi connectivity index (χ0v) is 25.4. The number of ether oxygens (including phenoxy) is 3. The van der Waals surface area contributed by atoms with Gasteiger partial charge in [-0.1, -0.05) is 26.8 Å². The van der Waals surface area contributed by atoms with Gasteiger partial charge in [-0.15, -0.1) is 0 Å². The molecule has 9 heteroatoms. The van der Waals surface area contributed by atoms with Crippen LogP contribution < -0.4 is 0 Å². The van der Waals surface area contributed by atoms with Crippen LogP contribution in [0.2, 0.25) is 18.1 Å². The highest BCUT2D eigenvalue weighted by atomic mass is 28.4. The van der Waals surface area contributed by atoms with Crippen LogP contribution >= 0.6 is 0 Å². The molecule has 37 heavy (non-hydrogen) atoms. The molecule has 0 radical (unpaired) electrons. The maximum atomic E-state index is 14.4. The van der Waals surface area contributed by atoms with Gasteiger partial charge in [-0.05, 0) is 70.2 Å². The number of aldehydes is 1. The van der Waals surface area contributed by atoms with Crippen LogP contribution in [-0.2, 0) is 28.2 Å². The lowest BCUT2D eigenvalue weighted by Gasteiger charge is -2.57. The van der Waals surface area contributed by atoms with Gasteiger partial charge >= 0.3 is 6.09 Å². The van der Waals surface area contributed by atoms with E-state index >= 15 is 0 Å². The van der Waals surface area contributed by atoms with Crippen LogP contribution in [0.25, 0.3) is 0 Å². The standard InChI is InChI=1S/C28H47NO7Si/c1-25(2,3)35-24(32)29-14-11-13-27-20(18-30)16-19(28(33-7,34-8)23(27)31)17-21(27)22(12-15-29)36-37(9,10)26(4,5)6/h17-20,22H,11-16H2,1-10H3/t19-,20-,22-,27?/m0/s1. The van der Waals surface area contributed by atoms with E-state index in [-0.39, 0.29) is 16.9 Å². The summed E-state index contributed by atoms with van der Waals surface area (Å²) in [4.78, 5) is 41.7. The number of nitrogens with zero attached hydrogens (tertiary/aromatic N) is 1. The molecule has 1 saturated carbocycles. The second-order valence-corrected chi connectivity index (χ2v) is 18.1. The predicted octanol–water partition coefficient (Wildman–Crippen LogP) is 5.12. The molecule has 3 aliphatic carbocycles. The molecule has 2 fully saturated rings. The van der Waals surface area contributed by atoms with Crippen LogP contribution in [0.1, 0.15) is 67.2 Å². The van der Waals surface area contributed by atoms with Crippen molar-refractivity contribution < 1.29 is 33.0 Å². The molecule has 0 N–H and O–H groups in total. The number of Topliss-reactive ketones (excluding diaryl/α,β-unsaturated/α-hetero) is 1. The number of fused-ring (bicyclic) bond motifs is 2. The van der Waals surface area contributed by atoms with Gasteiger partial charge < -0.3 is 28.3 Å². The van der Waals surface area contributed by atoms with Crippen LogP contribution in [0.4, 0.5) is 4.79 Å². The van der Waals surface area contributed by atoms with Crippen LogP contribution in [0.15, 0.2) is 11.6 Å².